The number of oxime groups is 1. The third-order valence-corrected chi connectivity index (χ3v) is 11.2. The molecular weight excluding hydrogens is 782 g/mol. The summed E-state index contributed by atoms with van der Waals surface area (Å²) in [4.78, 5) is 74.6. The molecule has 1 aromatic carbocycles. The maximum absolute atomic E-state index is 14.4. The van der Waals surface area contributed by atoms with Gasteiger partial charge in [0, 0.05) is 36.5 Å². The molecule has 9 N–H and O–H groups in total. The van der Waals surface area contributed by atoms with Gasteiger partial charge in [-0.05, 0) is 12.1 Å². The van der Waals surface area contributed by atoms with Crippen molar-refractivity contribution in [2.45, 2.75) is 37.3 Å². The minimum atomic E-state index is -1.54. The number of nitrogens with one attached hydrogen (secondary N) is 3. The number of esters is 2. The van der Waals surface area contributed by atoms with Crippen LogP contribution in [0.5, 0.6) is 11.5 Å². The zero-order chi connectivity index (χ0) is 40.7. The van der Waals surface area contributed by atoms with Crippen molar-refractivity contribution < 1.29 is 57.4 Å². The monoisotopic (exact) mass is 820 g/mol. The van der Waals surface area contributed by atoms with Gasteiger partial charge in [-0.2, -0.15) is 5.53 Å². The highest BCUT2D eigenvalue weighted by molar-refractivity contribution is 8.00. The number of quaternary nitrogens is 1. The van der Waals surface area contributed by atoms with Gasteiger partial charge < -0.3 is 51.1 Å². The second-order valence-corrected chi connectivity index (χ2v) is 14.8. The Hall–Kier alpha value is -5.88. The number of nitrogens with two attached hydrogens (primary N) is 2. The van der Waals surface area contributed by atoms with Gasteiger partial charge in [0.2, 0.25) is 0 Å². The SMILES string of the molecule is COC(=O)[C@H](COC(C)=O)O/N=C(\C(=O)N[C@@H]1C(=O)N2C(C(N)=NN=N)=C(C[N+]3(CCNC(=O)c4ccc(O)c(O)c4F)CCCC3)CS[C@H]12)c1csc(N)n1. The van der Waals surface area contributed by atoms with Crippen molar-refractivity contribution in [1.29, 1.82) is 5.53 Å². The first-order valence-corrected chi connectivity index (χ1v) is 18.8. The van der Waals surface area contributed by atoms with Crippen molar-refractivity contribution in [2.75, 3.05) is 57.9 Å². The molecule has 3 aliphatic rings. The third-order valence-electron chi connectivity index (χ3n) is 9.14. The number of β-lactam (4-membered cyclic amide) rings is 1. The average Bonchev–Trinajstić information content (AvgIpc) is 3.82. The molecule has 56 heavy (non-hydrogen) atoms. The van der Waals surface area contributed by atoms with Crippen LogP contribution >= 0.6 is 23.1 Å². The van der Waals surface area contributed by atoms with Crippen LogP contribution in [0.1, 0.15) is 35.8 Å². The number of hydrogen-bond acceptors (Lipinski definition) is 17. The maximum atomic E-state index is 14.4. The van der Waals surface area contributed by atoms with E-state index in [1.807, 2.05) is 0 Å². The van der Waals surface area contributed by atoms with E-state index in [0.29, 0.717) is 42.0 Å². The minimum absolute atomic E-state index is 0.0282. The molecule has 5 rings (SSSR count). The van der Waals surface area contributed by atoms with Crippen LogP contribution in [0.3, 0.4) is 0 Å². The Labute approximate surface area is 326 Å². The molecule has 21 nitrogen and oxygen atoms in total. The summed E-state index contributed by atoms with van der Waals surface area (Å²) in [6, 6.07) is 0.979. The molecule has 3 aliphatic heterocycles. The lowest BCUT2D eigenvalue weighted by atomic mass is 10.0. The molecule has 0 bridgehead atoms. The summed E-state index contributed by atoms with van der Waals surface area (Å²) in [5.41, 5.74) is 19.4. The van der Waals surface area contributed by atoms with Crippen molar-refractivity contribution in [3.05, 3.63) is 45.9 Å². The van der Waals surface area contributed by atoms with Crippen LogP contribution in [0.25, 0.3) is 0 Å². The van der Waals surface area contributed by atoms with E-state index in [9.17, 15) is 38.6 Å². The largest absolute Gasteiger partial charge is 0.504 e. The van der Waals surface area contributed by atoms with Crippen LogP contribution in [0.2, 0.25) is 0 Å². The van der Waals surface area contributed by atoms with Crippen molar-refractivity contribution in [1.82, 2.24) is 20.5 Å². The normalized spacial score (nSPS) is 19.7. The van der Waals surface area contributed by atoms with E-state index in [4.69, 9.17) is 26.6 Å². The number of nitrogen functional groups attached to an aromatic ring is 1. The van der Waals surface area contributed by atoms with Crippen molar-refractivity contribution in [2.24, 2.45) is 21.2 Å². The number of amidine groups is 1. The number of hydrogen-bond donors (Lipinski definition) is 7. The average molecular weight is 821 g/mol. The minimum Gasteiger partial charge on any atom is -0.504 e. The molecule has 0 unspecified atom stereocenters. The number of aromatic hydroxyl groups is 2. The van der Waals surface area contributed by atoms with Crippen LogP contribution in [0.15, 0.2) is 44.3 Å². The lowest BCUT2D eigenvalue weighted by molar-refractivity contribution is -0.911. The number of ether oxygens (including phenoxy) is 2. The Balaban J connectivity index is 1.34. The number of nitrogens with zero attached hydrogens (tertiary/aromatic N) is 6. The number of benzene rings is 1. The summed E-state index contributed by atoms with van der Waals surface area (Å²) in [7, 11) is 1.08. The molecule has 2 fully saturated rings. The number of carbonyl (C=O) groups is 5. The quantitative estimate of drug-likeness (QED) is 0.0173. The van der Waals surface area contributed by atoms with E-state index in [2.05, 4.69) is 35.8 Å². The fourth-order valence-corrected chi connectivity index (χ4v) is 8.34. The molecule has 0 saturated carbocycles. The maximum Gasteiger partial charge on any atom is 0.353 e. The molecule has 0 radical (unpaired) electrons. The number of halogens is 1. The Morgan fingerprint density at radius 1 is 1.23 bits per heavy atom. The zero-order valence-electron chi connectivity index (χ0n) is 30.0. The number of aromatic nitrogens is 1. The third kappa shape index (κ3) is 8.97. The number of anilines is 1. The Bertz CT molecular complexity index is 2000. The summed E-state index contributed by atoms with van der Waals surface area (Å²) in [5.74, 6) is -6.72. The molecule has 300 valence electrons. The predicted molar refractivity (Wildman–Crippen MR) is 196 cm³/mol. The first-order valence-electron chi connectivity index (χ1n) is 16.9. The highest BCUT2D eigenvalue weighted by atomic mass is 32.2. The number of thioether (sulfide) groups is 1. The van der Waals surface area contributed by atoms with Crippen molar-refractivity contribution in [3.63, 3.8) is 0 Å². The van der Waals surface area contributed by atoms with E-state index in [-0.39, 0.29) is 28.9 Å². The number of thiazole rings is 1. The second-order valence-electron chi connectivity index (χ2n) is 12.8. The van der Waals surface area contributed by atoms with E-state index in [0.717, 1.165) is 50.3 Å². The Kier molecular flexibility index (Phi) is 13.1. The first-order chi connectivity index (χ1) is 26.7. The van der Waals surface area contributed by atoms with Crippen LogP contribution in [0, 0.1) is 11.3 Å². The fraction of sp³-hybridized carbons (Fsp3) is 0.438. The zero-order valence-corrected chi connectivity index (χ0v) is 31.7. The lowest BCUT2D eigenvalue weighted by Crippen LogP contribution is -2.71. The van der Waals surface area contributed by atoms with Crippen LogP contribution < -0.4 is 22.1 Å². The second kappa shape index (κ2) is 17.7. The van der Waals surface area contributed by atoms with Crippen LogP contribution in [0.4, 0.5) is 9.52 Å². The van der Waals surface area contributed by atoms with Crippen molar-refractivity contribution in [3.8, 4) is 11.5 Å². The topological polar surface area (TPSA) is 307 Å². The van der Waals surface area contributed by atoms with Gasteiger partial charge in [0.15, 0.2) is 34.0 Å². The molecule has 2 saturated heterocycles. The number of carbonyl (C=O) groups excluding carboxylic acids is 5. The summed E-state index contributed by atoms with van der Waals surface area (Å²) in [6.07, 6.45) is 0.206. The number of likely N-dealkylation sites (tertiary alicyclic amines) is 1. The molecule has 3 atom stereocenters. The smallest absolute Gasteiger partial charge is 0.353 e. The summed E-state index contributed by atoms with van der Waals surface area (Å²) in [6.45, 7) is 2.90. The standard InChI is InChI=1S/C32H38FN11O10S2/c1-15(45)53-12-20(31(51)52-2)54-41-22(18-14-56-32(35)38-18)28(49)39-23-29(50)43-24(26(34)40-42-36)16(13-55-30(23)43)11-44(8-3-4-9-44)10-7-37-27(48)17-5-6-19(46)25(47)21(17)33/h5-6,14,20,23,30H,3-4,7-13H2,1-2H3,(H8-,34,35,36,37,38,39,40,41,42,46,47,48,49)/p+1/t20-,23+,30+/m0/s1. The predicted octanol–water partition coefficient (Wildman–Crippen LogP) is 0.0988. The molecule has 0 aliphatic carbocycles. The number of amides is 3. The number of phenols is 2. The number of fused-ring (bicyclic) bond motifs is 1. The van der Waals surface area contributed by atoms with E-state index >= 15 is 0 Å². The highest BCUT2D eigenvalue weighted by Crippen LogP contribution is 2.41. The van der Waals surface area contributed by atoms with E-state index in [1.165, 1.54) is 22.0 Å². The molecule has 1 aromatic heterocycles. The molecule has 4 heterocycles. The van der Waals surface area contributed by atoms with E-state index < -0.39 is 82.4 Å². The van der Waals surface area contributed by atoms with Gasteiger partial charge in [0.1, 0.15) is 30.3 Å². The number of methoxy groups -OCH3 is 1. The molecule has 24 heteroatoms. The van der Waals surface area contributed by atoms with E-state index in [1.54, 1.807) is 0 Å². The van der Waals surface area contributed by atoms with Gasteiger partial charge in [0.25, 0.3) is 23.8 Å². The van der Waals surface area contributed by atoms with Gasteiger partial charge in [-0.1, -0.05) is 10.4 Å². The van der Waals surface area contributed by atoms with Crippen LogP contribution in [-0.4, -0.2) is 136 Å². The highest BCUT2D eigenvalue weighted by Gasteiger charge is 2.54. The van der Waals surface area contributed by atoms with Gasteiger partial charge in [-0.25, -0.2) is 14.2 Å². The lowest BCUT2D eigenvalue weighted by Gasteiger charge is -2.50. The van der Waals surface area contributed by atoms with Crippen molar-refractivity contribution >= 4 is 69.4 Å². The Morgan fingerprint density at radius 3 is 2.61 bits per heavy atom. The summed E-state index contributed by atoms with van der Waals surface area (Å²) >= 11 is 2.33. The fourth-order valence-electron chi connectivity index (χ4n) is 6.45. The molecule has 3 amide bonds. The summed E-state index contributed by atoms with van der Waals surface area (Å²) in [5, 5.41) is 36.0. The first kappa shape index (κ1) is 41.3. The van der Waals surface area contributed by atoms with Gasteiger partial charge in [-0.15, -0.1) is 28.2 Å². The number of rotatable bonds is 16. The molecule has 2 aromatic rings. The molecule has 0 spiro atoms. The van der Waals surface area contributed by atoms with Crippen LogP contribution in [-0.2, 0) is 33.5 Å². The summed E-state index contributed by atoms with van der Waals surface area (Å²) < 4.78 is 24.4. The number of phenolic OH excluding ortho intramolecular Hbond substituents is 2. The van der Waals surface area contributed by atoms with Gasteiger partial charge in [0.05, 0.1) is 44.5 Å². The van der Waals surface area contributed by atoms with Gasteiger partial charge in [-0.3, -0.25) is 24.1 Å². The Morgan fingerprint density at radius 2 is 1.96 bits per heavy atom. The van der Waals surface area contributed by atoms with Gasteiger partial charge >= 0.3 is 11.9 Å². The molecular formula is C32H39FN11O10S2+.